The Kier molecular flexibility index (Phi) is 17.2. The first-order chi connectivity index (χ1) is 18.7. The molecule has 39 heavy (non-hydrogen) atoms. The molecule has 210 valence electrons. The lowest BCUT2D eigenvalue weighted by atomic mass is 10.1. The van der Waals surface area contributed by atoms with Crippen molar-refractivity contribution in [3.8, 4) is 0 Å². The third kappa shape index (κ3) is 13.9. The van der Waals surface area contributed by atoms with Gasteiger partial charge in [-0.3, -0.25) is 14.8 Å². The van der Waals surface area contributed by atoms with Gasteiger partial charge in [-0.15, -0.1) is 20.4 Å². The van der Waals surface area contributed by atoms with Crippen LogP contribution in [0, 0.1) is 13.8 Å². The van der Waals surface area contributed by atoms with Crippen LogP contribution < -0.4 is 5.73 Å². The number of nitrogens with two attached hydrogens (primary N) is 1. The van der Waals surface area contributed by atoms with Crippen LogP contribution in [0.4, 0.5) is 0 Å². The second-order valence-corrected chi connectivity index (χ2v) is 11.6. The summed E-state index contributed by atoms with van der Waals surface area (Å²) in [5.74, 6) is -0.410. The molecule has 0 spiro atoms. The molecular weight excluding hydrogens is 674 g/mol. The minimum Gasteiger partial charge on any atom is -0.461 e. The Hall–Kier alpha value is -2.56. The SMILES string of the molecule is CCOC(=O)c1nnc(Br)s1.CO.Cc1cccc(CCC(=O)c2nnc(Br)s2)n1.Cc1cccc(CN)n1. The summed E-state index contributed by atoms with van der Waals surface area (Å²) < 4.78 is 5.91. The first-order valence-electron chi connectivity index (χ1n) is 11.4. The Labute approximate surface area is 251 Å². The molecular formula is C24H29Br2N7O4S2. The van der Waals surface area contributed by atoms with Crippen LogP contribution in [-0.2, 0) is 17.7 Å². The number of esters is 1. The number of carbonyl (C=O) groups is 2. The van der Waals surface area contributed by atoms with Gasteiger partial charge in [0, 0.05) is 37.2 Å². The van der Waals surface area contributed by atoms with Gasteiger partial charge in [-0.2, -0.15) is 0 Å². The fraction of sp³-hybridized carbons (Fsp3) is 0.333. The number of hydrogen-bond donors (Lipinski definition) is 2. The number of carbonyl (C=O) groups excluding carboxylic acids is 2. The van der Waals surface area contributed by atoms with E-state index >= 15 is 0 Å². The number of aliphatic hydroxyl groups excluding tert-OH is 1. The van der Waals surface area contributed by atoms with E-state index in [2.05, 4.69) is 67.0 Å². The van der Waals surface area contributed by atoms with Crippen molar-refractivity contribution in [2.24, 2.45) is 5.73 Å². The lowest BCUT2D eigenvalue weighted by Gasteiger charge is -1.99. The average Bonchev–Trinajstić information content (AvgIpc) is 3.58. The Bertz CT molecular complexity index is 1300. The minimum absolute atomic E-state index is 0.0107. The van der Waals surface area contributed by atoms with Crippen molar-refractivity contribution in [1.29, 1.82) is 0 Å². The number of ketones is 1. The number of nitrogens with zero attached hydrogens (tertiary/aromatic N) is 6. The third-order valence-electron chi connectivity index (χ3n) is 4.20. The van der Waals surface area contributed by atoms with E-state index in [1.807, 2.05) is 50.2 Å². The zero-order chi connectivity index (χ0) is 29.2. The molecule has 15 heteroatoms. The van der Waals surface area contributed by atoms with Crippen LogP contribution in [0.2, 0.25) is 0 Å². The fourth-order valence-corrected chi connectivity index (χ4v) is 4.68. The van der Waals surface area contributed by atoms with Gasteiger partial charge in [-0.05, 0) is 83.3 Å². The predicted molar refractivity (Wildman–Crippen MR) is 158 cm³/mol. The lowest BCUT2D eigenvalue weighted by molar-refractivity contribution is 0.0525. The molecule has 4 aromatic heterocycles. The normalized spacial score (nSPS) is 9.64. The second-order valence-electron chi connectivity index (χ2n) is 7.11. The van der Waals surface area contributed by atoms with Crippen LogP contribution in [0.1, 0.15) is 55.7 Å². The van der Waals surface area contributed by atoms with Gasteiger partial charge in [-0.25, -0.2) is 4.79 Å². The molecule has 4 heterocycles. The van der Waals surface area contributed by atoms with E-state index in [1.165, 1.54) is 11.3 Å². The number of aryl methyl sites for hydroxylation is 3. The standard InChI is InChI=1S/C11H10BrN3OS.C7H10N2.C5H5BrN2O2S.CH4O/c1-7-3-2-4-8(13-7)5-6-9(16)10-14-15-11(12)17-10;1-6-3-2-4-7(5-8)9-6;1-2-10-4(9)3-7-8-5(6)11-3;1-2/h2-4H,5-6H2,1H3;2-4H,5,8H2,1H3;2H2,1H3;2H,1H3. The number of aromatic nitrogens is 6. The van der Waals surface area contributed by atoms with Crippen molar-refractivity contribution in [2.75, 3.05) is 13.7 Å². The van der Waals surface area contributed by atoms with Gasteiger partial charge in [-0.1, -0.05) is 34.8 Å². The van der Waals surface area contributed by atoms with E-state index in [4.69, 9.17) is 10.8 Å². The highest BCUT2D eigenvalue weighted by molar-refractivity contribution is 9.11. The molecule has 0 aliphatic heterocycles. The summed E-state index contributed by atoms with van der Waals surface area (Å²) in [5.41, 5.74) is 9.23. The zero-order valence-corrected chi connectivity index (χ0v) is 26.6. The number of ether oxygens (including phenoxy) is 1. The van der Waals surface area contributed by atoms with Gasteiger partial charge >= 0.3 is 5.97 Å². The van der Waals surface area contributed by atoms with Crippen LogP contribution in [0.5, 0.6) is 0 Å². The maximum Gasteiger partial charge on any atom is 0.369 e. The Morgan fingerprint density at radius 1 is 0.872 bits per heavy atom. The molecule has 0 saturated heterocycles. The van der Waals surface area contributed by atoms with Crippen LogP contribution in [0.15, 0.2) is 44.2 Å². The third-order valence-corrected chi connectivity index (χ3v) is 6.93. The zero-order valence-electron chi connectivity index (χ0n) is 21.8. The van der Waals surface area contributed by atoms with Gasteiger partial charge in [0.25, 0.3) is 0 Å². The van der Waals surface area contributed by atoms with Crippen LogP contribution in [0.3, 0.4) is 0 Å². The highest BCUT2D eigenvalue weighted by Crippen LogP contribution is 2.18. The van der Waals surface area contributed by atoms with E-state index in [0.29, 0.717) is 38.8 Å². The summed E-state index contributed by atoms with van der Waals surface area (Å²) in [6.45, 7) is 6.53. The summed E-state index contributed by atoms with van der Waals surface area (Å²) in [5, 5.41) is 22.5. The van der Waals surface area contributed by atoms with Crippen molar-refractivity contribution in [2.45, 2.75) is 40.2 Å². The van der Waals surface area contributed by atoms with Crippen molar-refractivity contribution >= 4 is 66.3 Å². The monoisotopic (exact) mass is 701 g/mol. The molecule has 0 saturated carbocycles. The Balaban J connectivity index is 0.000000300. The minimum atomic E-state index is -0.421. The van der Waals surface area contributed by atoms with Crippen molar-refractivity contribution in [3.05, 3.63) is 77.0 Å². The molecule has 3 N–H and O–H groups in total. The predicted octanol–water partition coefficient (Wildman–Crippen LogP) is 4.75. The highest BCUT2D eigenvalue weighted by Gasteiger charge is 2.12. The van der Waals surface area contributed by atoms with Crippen molar-refractivity contribution < 1.29 is 19.4 Å². The molecule has 0 fully saturated rings. The van der Waals surface area contributed by atoms with Gasteiger partial charge in [0.15, 0.2) is 18.6 Å². The van der Waals surface area contributed by atoms with Gasteiger partial charge in [0.1, 0.15) is 0 Å². The maximum absolute atomic E-state index is 11.8. The topological polar surface area (TPSA) is 167 Å². The van der Waals surface area contributed by atoms with E-state index in [1.54, 1.807) is 6.92 Å². The van der Waals surface area contributed by atoms with E-state index in [-0.39, 0.29) is 10.8 Å². The van der Waals surface area contributed by atoms with Crippen molar-refractivity contribution in [3.63, 3.8) is 0 Å². The van der Waals surface area contributed by atoms with Gasteiger partial charge < -0.3 is 15.6 Å². The molecule has 4 aromatic rings. The van der Waals surface area contributed by atoms with Crippen molar-refractivity contribution in [1.82, 2.24) is 30.4 Å². The molecule has 0 aliphatic rings. The second kappa shape index (κ2) is 19.5. The summed E-state index contributed by atoms with van der Waals surface area (Å²) in [7, 11) is 1.00. The average molecular weight is 703 g/mol. The quantitative estimate of drug-likeness (QED) is 0.201. The maximum atomic E-state index is 11.8. The van der Waals surface area contributed by atoms with E-state index in [9.17, 15) is 9.59 Å². The van der Waals surface area contributed by atoms with E-state index in [0.717, 1.165) is 41.2 Å². The molecule has 0 bridgehead atoms. The molecule has 0 atom stereocenters. The smallest absolute Gasteiger partial charge is 0.369 e. The van der Waals surface area contributed by atoms with Gasteiger partial charge in [0.05, 0.1) is 12.3 Å². The van der Waals surface area contributed by atoms with Crippen LogP contribution in [-0.4, -0.2) is 60.9 Å². The number of pyridine rings is 2. The Morgan fingerprint density at radius 3 is 1.82 bits per heavy atom. The Morgan fingerprint density at radius 2 is 1.38 bits per heavy atom. The number of hydrogen-bond acceptors (Lipinski definition) is 13. The number of Topliss-reactive ketones (excluding diaryl/α,β-unsaturated/α-hetero) is 1. The van der Waals surface area contributed by atoms with Crippen LogP contribution in [0.25, 0.3) is 0 Å². The molecule has 11 nitrogen and oxygen atoms in total. The lowest BCUT2D eigenvalue weighted by Crippen LogP contribution is -2.03. The van der Waals surface area contributed by atoms with E-state index < -0.39 is 5.97 Å². The first kappa shape index (κ1) is 34.5. The summed E-state index contributed by atoms with van der Waals surface area (Å²) >= 11 is 8.69. The first-order valence-corrected chi connectivity index (χ1v) is 14.6. The molecule has 4 rings (SSSR count). The fourth-order valence-electron chi connectivity index (χ4n) is 2.60. The largest absolute Gasteiger partial charge is 0.461 e. The summed E-state index contributed by atoms with van der Waals surface area (Å²) in [6, 6.07) is 11.7. The highest BCUT2D eigenvalue weighted by atomic mass is 79.9. The molecule has 0 radical (unpaired) electrons. The molecule has 0 aliphatic carbocycles. The number of aliphatic hydroxyl groups is 1. The number of halogens is 2. The van der Waals surface area contributed by atoms with Gasteiger partial charge in [0.2, 0.25) is 5.01 Å². The summed E-state index contributed by atoms with van der Waals surface area (Å²) in [6.07, 6.45) is 1.05. The molecule has 0 aromatic carbocycles. The van der Waals surface area contributed by atoms with Crippen LogP contribution >= 0.6 is 54.5 Å². The molecule has 0 amide bonds. The number of rotatable bonds is 7. The molecule has 0 unspecified atom stereocenters. The summed E-state index contributed by atoms with van der Waals surface area (Å²) in [4.78, 5) is 31.2.